The molecular formula is C8H6Cl2I3NO4. The van der Waals surface area contributed by atoms with E-state index >= 15 is 0 Å². The lowest BCUT2D eigenvalue weighted by Gasteiger charge is -2.12. The van der Waals surface area contributed by atoms with E-state index in [9.17, 15) is 9.59 Å². The number of hydrogen-bond donors (Lipinski definition) is 3. The predicted molar refractivity (Wildman–Crippen MR) is 97.4 cm³/mol. The normalized spacial score (nSPS) is 9.06. The van der Waals surface area contributed by atoms with Crippen LogP contribution in [0.4, 0.5) is 5.69 Å². The Hall–Kier alpha value is 0.730. The van der Waals surface area contributed by atoms with Crippen LogP contribution in [0.5, 0.6) is 0 Å². The average Bonchev–Trinajstić information content (AvgIpc) is 2.13. The lowest BCUT2D eigenvalue weighted by atomic mass is 10.1. The molecule has 0 aliphatic rings. The van der Waals surface area contributed by atoms with Gasteiger partial charge in [-0.2, -0.15) is 0 Å². The van der Waals surface area contributed by atoms with Crippen LogP contribution < -0.4 is 5.73 Å². The molecule has 0 saturated carbocycles. The van der Waals surface area contributed by atoms with Crippen molar-refractivity contribution in [3.63, 3.8) is 0 Å². The van der Waals surface area contributed by atoms with Gasteiger partial charge < -0.3 is 15.9 Å². The van der Waals surface area contributed by atoms with Gasteiger partial charge in [0.2, 0.25) is 0 Å². The molecule has 0 aliphatic carbocycles. The maximum absolute atomic E-state index is 11.0. The monoisotopic (exact) mass is 631 g/mol. The van der Waals surface area contributed by atoms with Gasteiger partial charge in [0.15, 0.2) is 0 Å². The Morgan fingerprint density at radius 1 is 0.833 bits per heavy atom. The lowest BCUT2D eigenvalue weighted by molar-refractivity contribution is 0.0694. The molecular weight excluding hydrogens is 626 g/mol. The van der Waals surface area contributed by atoms with Crippen LogP contribution in [0.15, 0.2) is 0 Å². The first-order chi connectivity index (χ1) is 7.29. The van der Waals surface area contributed by atoms with Crippen molar-refractivity contribution in [3.8, 4) is 0 Å². The molecule has 10 heteroatoms. The van der Waals surface area contributed by atoms with Crippen molar-refractivity contribution >= 4 is 110 Å². The third kappa shape index (κ3) is 3.86. The molecule has 5 nitrogen and oxygen atoms in total. The highest BCUT2D eigenvalue weighted by Crippen LogP contribution is 2.33. The zero-order chi connectivity index (χ0) is 12.6. The number of carboxylic acid groups (broad SMARTS) is 2. The van der Waals surface area contributed by atoms with E-state index in [-0.39, 0.29) is 45.2 Å². The van der Waals surface area contributed by atoms with E-state index in [4.69, 9.17) is 15.9 Å². The number of nitrogens with two attached hydrogens (primary N) is 1. The number of anilines is 1. The number of carboxylic acids is 2. The van der Waals surface area contributed by atoms with Gasteiger partial charge in [0.1, 0.15) is 0 Å². The van der Waals surface area contributed by atoms with Gasteiger partial charge in [-0.1, -0.05) is 0 Å². The summed E-state index contributed by atoms with van der Waals surface area (Å²) in [5.74, 6) is -2.36. The Labute approximate surface area is 156 Å². The fourth-order valence-electron chi connectivity index (χ4n) is 1.06. The molecule has 0 spiro atoms. The standard InChI is InChI=1S/C8H4I3NO4.2ClH/c9-3-1(7(13)14)4(10)6(12)5(11)2(3)8(15)16;;/h12H2,(H,13,14)(H,15,16);2*1H. The summed E-state index contributed by atoms with van der Waals surface area (Å²) in [4.78, 5) is 22.0. The number of rotatable bonds is 2. The molecule has 1 aromatic carbocycles. The number of hydrogen-bond acceptors (Lipinski definition) is 3. The second-order valence-corrected chi connectivity index (χ2v) is 5.95. The second kappa shape index (κ2) is 8.11. The molecule has 0 bridgehead atoms. The molecule has 18 heavy (non-hydrogen) atoms. The van der Waals surface area contributed by atoms with E-state index in [1.165, 1.54) is 0 Å². The van der Waals surface area contributed by atoms with Gasteiger partial charge in [0, 0.05) is 3.57 Å². The van der Waals surface area contributed by atoms with Crippen LogP contribution >= 0.6 is 92.6 Å². The average molecular weight is 632 g/mol. The molecule has 4 N–H and O–H groups in total. The fourth-order valence-corrected chi connectivity index (χ4v) is 5.15. The summed E-state index contributed by atoms with van der Waals surface area (Å²) in [6.45, 7) is 0. The van der Waals surface area contributed by atoms with Crippen LogP contribution in [0.3, 0.4) is 0 Å². The van der Waals surface area contributed by atoms with Gasteiger partial charge in [-0.05, 0) is 67.8 Å². The van der Waals surface area contributed by atoms with Gasteiger partial charge >= 0.3 is 11.9 Å². The zero-order valence-electron chi connectivity index (χ0n) is 8.24. The molecule has 1 aromatic rings. The minimum atomic E-state index is -1.18. The number of nitrogen functional groups attached to an aromatic ring is 1. The highest BCUT2D eigenvalue weighted by Gasteiger charge is 2.26. The Morgan fingerprint density at radius 3 is 1.33 bits per heavy atom. The van der Waals surface area contributed by atoms with Crippen molar-refractivity contribution in [2.75, 3.05) is 5.73 Å². The minimum Gasteiger partial charge on any atom is -0.478 e. The summed E-state index contributed by atoms with van der Waals surface area (Å²) in [7, 11) is 0. The zero-order valence-corrected chi connectivity index (χ0v) is 16.3. The topological polar surface area (TPSA) is 101 Å². The molecule has 0 heterocycles. The fraction of sp³-hybridized carbons (Fsp3) is 0. The summed E-state index contributed by atoms with van der Waals surface area (Å²) in [6, 6.07) is 0. The summed E-state index contributed by atoms with van der Waals surface area (Å²) >= 11 is 5.32. The quantitative estimate of drug-likeness (QED) is 0.344. The van der Waals surface area contributed by atoms with E-state index in [1.54, 1.807) is 67.8 Å². The van der Waals surface area contributed by atoms with Gasteiger partial charge in [-0.15, -0.1) is 24.8 Å². The Bertz CT molecular complexity index is 469. The smallest absolute Gasteiger partial charge is 0.337 e. The van der Waals surface area contributed by atoms with Crippen molar-refractivity contribution < 1.29 is 19.8 Å². The first kappa shape index (κ1) is 21.0. The Kier molecular flexibility index (Phi) is 9.48. The number of benzene rings is 1. The van der Waals surface area contributed by atoms with Gasteiger partial charge in [-0.3, -0.25) is 0 Å². The van der Waals surface area contributed by atoms with E-state index in [0.29, 0.717) is 7.14 Å². The van der Waals surface area contributed by atoms with Crippen LogP contribution in [0.2, 0.25) is 0 Å². The molecule has 0 unspecified atom stereocenters. The van der Waals surface area contributed by atoms with Gasteiger partial charge in [-0.25, -0.2) is 9.59 Å². The maximum atomic E-state index is 11.0. The summed E-state index contributed by atoms with van der Waals surface area (Å²) in [6.07, 6.45) is 0. The molecule has 0 aliphatic heterocycles. The number of carbonyl (C=O) groups is 2. The number of aromatic carboxylic acids is 2. The SMILES string of the molecule is Cl.Cl.Nc1c(I)c(C(=O)O)c(I)c(C(=O)O)c1I. The molecule has 0 fully saturated rings. The van der Waals surface area contributed by atoms with Crippen LogP contribution in [0.1, 0.15) is 20.7 Å². The van der Waals surface area contributed by atoms with E-state index in [1.807, 2.05) is 0 Å². The van der Waals surface area contributed by atoms with Crippen LogP contribution in [0.25, 0.3) is 0 Å². The summed E-state index contributed by atoms with van der Waals surface area (Å²) in [5.41, 5.74) is 5.76. The van der Waals surface area contributed by atoms with Crippen LogP contribution in [-0.4, -0.2) is 22.2 Å². The van der Waals surface area contributed by atoms with Crippen molar-refractivity contribution in [1.29, 1.82) is 0 Å². The highest BCUT2D eigenvalue weighted by atomic mass is 127. The second-order valence-electron chi connectivity index (χ2n) is 2.72. The lowest BCUT2D eigenvalue weighted by Crippen LogP contribution is -2.14. The maximum Gasteiger partial charge on any atom is 0.337 e. The van der Waals surface area contributed by atoms with Crippen LogP contribution in [-0.2, 0) is 0 Å². The molecule has 0 radical (unpaired) electrons. The van der Waals surface area contributed by atoms with E-state index in [2.05, 4.69) is 0 Å². The Morgan fingerprint density at radius 2 is 1.11 bits per heavy atom. The third-order valence-electron chi connectivity index (χ3n) is 1.78. The summed E-state index contributed by atoms with van der Waals surface area (Å²) in [5, 5.41) is 18.0. The van der Waals surface area contributed by atoms with Crippen LogP contribution in [0, 0.1) is 10.7 Å². The third-order valence-corrected chi connectivity index (χ3v) is 5.10. The molecule has 0 saturated heterocycles. The highest BCUT2D eigenvalue weighted by molar-refractivity contribution is 14.1. The predicted octanol–water partition coefficient (Wildman–Crippen LogP) is 3.32. The van der Waals surface area contributed by atoms with Crippen molar-refractivity contribution in [1.82, 2.24) is 0 Å². The molecule has 0 aromatic heterocycles. The first-order valence-corrected chi connectivity index (χ1v) is 6.95. The van der Waals surface area contributed by atoms with Crippen molar-refractivity contribution in [2.45, 2.75) is 0 Å². The first-order valence-electron chi connectivity index (χ1n) is 3.71. The molecule has 0 amide bonds. The molecule has 1 rings (SSSR count). The number of halogens is 5. The van der Waals surface area contributed by atoms with Crippen molar-refractivity contribution in [3.05, 3.63) is 21.8 Å². The Balaban J connectivity index is 0. The van der Waals surface area contributed by atoms with E-state index in [0.717, 1.165) is 0 Å². The van der Waals surface area contributed by atoms with Crippen molar-refractivity contribution in [2.24, 2.45) is 0 Å². The molecule has 0 atom stereocenters. The minimum absolute atomic E-state index is 0. The van der Waals surface area contributed by atoms with Gasteiger partial charge in [0.25, 0.3) is 0 Å². The van der Waals surface area contributed by atoms with E-state index < -0.39 is 11.9 Å². The van der Waals surface area contributed by atoms with Gasteiger partial charge in [0.05, 0.1) is 24.0 Å². The molecule has 102 valence electrons. The largest absolute Gasteiger partial charge is 0.478 e. The summed E-state index contributed by atoms with van der Waals surface area (Å²) < 4.78 is 0.924.